The third-order valence-electron chi connectivity index (χ3n) is 5.38. The Bertz CT molecular complexity index is 1020. The van der Waals surface area contributed by atoms with Crippen LogP contribution in [0, 0.1) is 0 Å². The van der Waals surface area contributed by atoms with Crippen LogP contribution in [0.25, 0.3) is 16.7 Å². The number of carbonyl (C=O) groups is 1. The van der Waals surface area contributed by atoms with Gasteiger partial charge in [0, 0.05) is 0 Å². The minimum Gasteiger partial charge on any atom is -0.490 e. The summed E-state index contributed by atoms with van der Waals surface area (Å²) in [5, 5.41) is 9.33. The molecule has 160 valence electrons. The molecule has 0 unspecified atom stereocenters. The highest BCUT2D eigenvalue weighted by Crippen LogP contribution is 2.25. The average Bonchev–Trinajstić information content (AvgIpc) is 2.80. The van der Waals surface area contributed by atoms with Gasteiger partial charge in [0.1, 0.15) is 18.1 Å². The number of aliphatic carboxylic acids is 1. The number of benzene rings is 3. The second-order valence-electron chi connectivity index (χ2n) is 7.60. The Balaban J connectivity index is 1.57. The van der Waals surface area contributed by atoms with Gasteiger partial charge in [0.15, 0.2) is 0 Å². The number of rotatable bonds is 9. The van der Waals surface area contributed by atoms with E-state index in [4.69, 9.17) is 9.47 Å². The molecule has 0 heterocycles. The molecular formula is C27H28O4. The van der Waals surface area contributed by atoms with Crippen molar-refractivity contribution in [1.29, 1.82) is 0 Å². The number of ether oxygens (including phenoxy) is 2. The lowest BCUT2D eigenvalue weighted by molar-refractivity contribution is -0.154. The van der Waals surface area contributed by atoms with Gasteiger partial charge in [0.2, 0.25) is 5.60 Å². The van der Waals surface area contributed by atoms with Crippen molar-refractivity contribution in [2.45, 2.75) is 32.8 Å². The van der Waals surface area contributed by atoms with Gasteiger partial charge in [0.05, 0.1) is 0 Å². The zero-order valence-electron chi connectivity index (χ0n) is 18.2. The van der Waals surface area contributed by atoms with Crippen molar-refractivity contribution in [3.63, 3.8) is 0 Å². The lowest BCUT2D eigenvalue weighted by atomic mass is 10.0. The first-order chi connectivity index (χ1) is 14.9. The first-order valence-corrected chi connectivity index (χ1v) is 10.4. The molecule has 0 fully saturated rings. The average molecular weight is 417 g/mol. The summed E-state index contributed by atoms with van der Waals surface area (Å²) in [6, 6.07) is 25.8. The molecule has 0 spiro atoms. The highest BCUT2D eigenvalue weighted by molar-refractivity contribution is 5.77. The van der Waals surface area contributed by atoms with E-state index in [1.807, 2.05) is 24.3 Å². The van der Waals surface area contributed by atoms with Crippen LogP contribution in [-0.2, 0) is 4.79 Å². The lowest BCUT2D eigenvalue weighted by Crippen LogP contribution is -2.40. The number of carboxylic acid groups (broad SMARTS) is 1. The van der Waals surface area contributed by atoms with Crippen LogP contribution in [0.4, 0.5) is 0 Å². The second-order valence-corrected chi connectivity index (χ2v) is 7.60. The van der Waals surface area contributed by atoms with Crippen LogP contribution in [0.2, 0.25) is 0 Å². The number of hydrogen-bond donors (Lipinski definition) is 1. The van der Waals surface area contributed by atoms with Gasteiger partial charge in [-0.3, -0.25) is 0 Å². The highest BCUT2D eigenvalue weighted by atomic mass is 16.5. The Kier molecular flexibility index (Phi) is 7.14. The van der Waals surface area contributed by atoms with E-state index >= 15 is 0 Å². The van der Waals surface area contributed by atoms with Crippen LogP contribution in [0.15, 0.2) is 84.9 Å². The third kappa shape index (κ3) is 5.76. The fraction of sp³-hybridized carbons (Fsp3) is 0.222. The minimum atomic E-state index is -1.24. The predicted octanol–water partition coefficient (Wildman–Crippen LogP) is 6.47. The standard InChI is InChI=1S/C27H28O4/c1-4-27(3,26(28)29)31-25-16-14-24(15-17-25)30-19-18-20(2)21-10-12-23(13-11-21)22-8-6-5-7-9-22/h5-18H,4,19H2,1-3H3,(H,28,29)/b20-18+/t27-/m1/s1. The molecule has 1 atom stereocenters. The molecule has 3 aromatic carbocycles. The van der Waals surface area contributed by atoms with Gasteiger partial charge >= 0.3 is 5.97 Å². The summed E-state index contributed by atoms with van der Waals surface area (Å²) in [7, 11) is 0. The Morgan fingerprint density at radius 3 is 2.06 bits per heavy atom. The number of hydrogen-bond acceptors (Lipinski definition) is 3. The predicted molar refractivity (Wildman–Crippen MR) is 124 cm³/mol. The molecule has 3 rings (SSSR count). The van der Waals surface area contributed by atoms with E-state index in [2.05, 4.69) is 43.3 Å². The molecule has 0 aliphatic heterocycles. The van der Waals surface area contributed by atoms with Gasteiger partial charge in [-0.15, -0.1) is 0 Å². The van der Waals surface area contributed by atoms with E-state index in [9.17, 15) is 9.90 Å². The summed E-state index contributed by atoms with van der Waals surface area (Å²) < 4.78 is 11.4. The van der Waals surface area contributed by atoms with E-state index in [0.29, 0.717) is 24.5 Å². The van der Waals surface area contributed by atoms with Gasteiger partial charge in [-0.05, 0) is 72.9 Å². The van der Waals surface area contributed by atoms with Crippen molar-refractivity contribution < 1.29 is 19.4 Å². The van der Waals surface area contributed by atoms with Crippen molar-refractivity contribution >= 4 is 11.5 Å². The summed E-state index contributed by atoms with van der Waals surface area (Å²) >= 11 is 0. The van der Waals surface area contributed by atoms with E-state index in [0.717, 1.165) is 11.1 Å². The van der Waals surface area contributed by atoms with Gasteiger partial charge in [-0.25, -0.2) is 4.79 Å². The van der Waals surface area contributed by atoms with E-state index in [-0.39, 0.29) is 0 Å². The van der Waals surface area contributed by atoms with Crippen LogP contribution in [0.3, 0.4) is 0 Å². The topological polar surface area (TPSA) is 55.8 Å². The summed E-state index contributed by atoms with van der Waals surface area (Å²) in [5.74, 6) is 0.224. The van der Waals surface area contributed by atoms with Gasteiger partial charge in [0.25, 0.3) is 0 Å². The largest absolute Gasteiger partial charge is 0.490 e. The molecule has 0 bridgehead atoms. The molecule has 0 aliphatic carbocycles. The molecule has 4 heteroatoms. The van der Waals surface area contributed by atoms with Crippen molar-refractivity contribution in [3.8, 4) is 22.6 Å². The van der Waals surface area contributed by atoms with Crippen molar-refractivity contribution in [3.05, 3.63) is 90.5 Å². The summed E-state index contributed by atoms with van der Waals surface area (Å²) in [6.07, 6.45) is 2.41. The van der Waals surface area contributed by atoms with Crippen molar-refractivity contribution in [2.24, 2.45) is 0 Å². The van der Waals surface area contributed by atoms with Crippen LogP contribution < -0.4 is 9.47 Å². The molecule has 0 amide bonds. The maximum absolute atomic E-state index is 11.4. The van der Waals surface area contributed by atoms with Crippen LogP contribution >= 0.6 is 0 Å². The molecule has 0 saturated carbocycles. The second kappa shape index (κ2) is 9.98. The lowest BCUT2D eigenvalue weighted by Gasteiger charge is -2.24. The molecule has 3 aromatic rings. The van der Waals surface area contributed by atoms with Gasteiger partial charge < -0.3 is 14.6 Å². The first-order valence-electron chi connectivity index (χ1n) is 10.4. The summed E-state index contributed by atoms with van der Waals surface area (Å²) in [4.78, 5) is 11.4. The Labute approximate surface area is 183 Å². The molecular weight excluding hydrogens is 388 g/mol. The molecule has 0 aliphatic rings. The van der Waals surface area contributed by atoms with Crippen molar-refractivity contribution in [2.75, 3.05) is 6.61 Å². The van der Waals surface area contributed by atoms with E-state index in [1.165, 1.54) is 11.1 Å². The molecule has 4 nitrogen and oxygen atoms in total. The number of allylic oxidation sites excluding steroid dienone is 1. The van der Waals surface area contributed by atoms with Gasteiger partial charge in [-0.1, -0.05) is 61.5 Å². The molecule has 1 N–H and O–H groups in total. The Morgan fingerprint density at radius 1 is 0.903 bits per heavy atom. The Hall–Kier alpha value is -3.53. The molecule has 0 saturated heterocycles. The number of carboxylic acids is 1. The Morgan fingerprint density at radius 2 is 1.48 bits per heavy atom. The normalized spacial score (nSPS) is 13.3. The maximum Gasteiger partial charge on any atom is 0.347 e. The molecule has 31 heavy (non-hydrogen) atoms. The van der Waals surface area contributed by atoms with E-state index in [1.54, 1.807) is 38.1 Å². The molecule has 0 aromatic heterocycles. The summed E-state index contributed by atoms with van der Waals surface area (Å²) in [5.41, 5.74) is 3.45. The highest BCUT2D eigenvalue weighted by Gasteiger charge is 2.33. The zero-order chi connectivity index (χ0) is 22.3. The van der Waals surface area contributed by atoms with Gasteiger partial charge in [-0.2, -0.15) is 0 Å². The monoisotopic (exact) mass is 416 g/mol. The molecule has 0 radical (unpaired) electrons. The quantitative estimate of drug-likeness (QED) is 0.434. The maximum atomic E-state index is 11.4. The smallest absolute Gasteiger partial charge is 0.347 e. The zero-order valence-corrected chi connectivity index (χ0v) is 18.2. The van der Waals surface area contributed by atoms with Crippen LogP contribution in [0.1, 0.15) is 32.8 Å². The minimum absolute atomic E-state index is 0.372. The third-order valence-corrected chi connectivity index (χ3v) is 5.38. The fourth-order valence-electron chi connectivity index (χ4n) is 3.07. The van der Waals surface area contributed by atoms with Crippen molar-refractivity contribution in [1.82, 2.24) is 0 Å². The SMILES string of the molecule is CC[C@@](C)(Oc1ccc(OC/C=C(\C)c2ccc(-c3ccccc3)cc2)cc1)C(=O)O. The van der Waals surface area contributed by atoms with E-state index < -0.39 is 11.6 Å². The first kappa shape index (κ1) is 22.2. The van der Waals surface area contributed by atoms with Crippen LogP contribution in [0.5, 0.6) is 11.5 Å². The summed E-state index contributed by atoms with van der Waals surface area (Å²) in [6.45, 7) is 5.86. The van der Waals surface area contributed by atoms with Crippen LogP contribution in [-0.4, -0.2) is 23.3 Å². The fourth-order valence-corrected chi connectivity index (χ4v) is 3.07.